The van der Waals surface area contributed by atoms with Crippen molar-refractivity contribution in [3.63, 3.8) is 0 Å². The van der Waals surface area contributed by atoms with Gasteiger partial charge in [-0.25, -0.2) is 9.18 Å². The lowest BCUT2D eigenvalue weighted by Gasteiger charge is -2.28. The second kappa shape index (κ2) is 5.93. The maximum Gasteiger partial charge on any atom is 0.410 e. The maximum absolute atomic E-state index is 13.0. The molecule has 1 aliphatic heterocycles. The van der Waals surface area contributed by atoms with Crippen LogP contribution in [0.25, 0.3) is 0 Å². The van der Waals surface area contributed by atoms with E-state index >= 15 is 0 Å². The first-order chi connectivity index (χ1) is 10.8. The number of ether oxygens (including phenoxy) is 2. The fraction of sp³-hybridized carbons (Fsp3) is 0.722. The molecule has 0 radical (unpaired) electrons. The zero-order valence-corrected chi connectivity index (χ0v) is 14.2. The van der Waals surface area contributed by atoms with E-state index in [1.807, 2.05) is 31.7 Å². The number of halogens is 1. The zero-order chi connectivity index (χ0) is 16.7. The largest absolute Gasteiger partial charge is 0.444 e. The van der Waals surface area contributed by atoms with Gasteiger partial charge in [-0.15, -0.1) is 0 Å². The molecule has 2 aliphatic carbocycles. The van der Waals surface area contributed by atoms with Crippen molar-refractivity contribution < 1.29 is 18.7 Å². The van der Waals surface area contributed by atoms with Gasteiger partial charge >= 0.3 is 6.09 Å². The Morgan fingerprint density at radius 2 is 2.09 bits per heavy atom. The predicted octanol–water partition coefficient (Wildman–Crippen LogP) is 4.12. The number of hydrogen-bond acceptors (Lipinski definition) is 3. The summed E-state index contributed by atoms with van der Waals surface area (Å²) in [5.41, 5.74) is 0.599. The van der Waals surface area contributed by atoms with Gasteiger partial charge in [0, 0.05) is 12.0 Å². The third-order valence-electron chi connectivity index (χ3n) is 4.70. The van der Waals surface area contributed by atoms with Gasteiger partial charge in [0.25, 0.3) is 0 Å². The molecule has 0 bridgehead atoms. The summed E-state index contributed by atoms with van der Waals surface area (Å²) < 4.78 is 24.5. The van der Waals surface area contributed by atoms with E-state index in [9.17, 15) is 9.18 Å². The zero-order valence-electron chi connectivity index (χ0n) is 14.2. The summed E-state index contributed by atoms with van der Waals surface area (Å²) in [5.74, 6) is -0.0670. The van der Waals surface area contributed by atoms with E-state index in [1.54, 1.807) is 0 Å². The molecule has 23 heavy (non-hydrogen) atoms. The molecule has 2 fully saturated rings. The molecule has 3 rings (SSSR count). The lowest BCUT2D eigenvalue weighted by molar-refractivity contribution is 0.0164. The molecule has 0 aromatic carbocycles. The number of likely N-dealkylation sites (tertiary alicyclic amines) is 1. The van der Waals surface area contributed by atoms with E-state index < -0.39 is 5.60 Å². The molecule has 3 aliphatic rings. The summed E-state index contributed by atoms with van der Waals surface area (Å²) >= 11 is 0. The van der Waals surface area contributed by atoms with Gasteiger partial charge in [0.2, 0.25) is 0 Å². The topological polar surface area (TPSA) is 38.8 Å². The molecule has 1 amide bonds. The molecule has 1 saturated heterocycles. The Balaban J connectivity index is 1.55. The van der Waals surface area contributed by atoms with Crippen LogP contribution in [0.3, 0.4) is 0 Å². The molecular weight excluding hydrogens is 297 g/mol. The number of amides is 1. The normalized spacial score (nSPS) is 26.1. The Hall–Kier alpha value is -1.36. The lowest BCUT2D eigenvalue weighted by Crippen LogP contribution is -2.41. The second-order valence-corrected chi connectivity index (χ2v) is 7.89. The van der Waals surface area contributed by atoms with Gasteiger partial charge in [0.15, 0.2) is 0 Å². The van der Waals surface area contributed by atoms with E-state index in [1.165, 1.54) is 6.08 Å². The van der Waals surface area contributed by atoms with Crippen LogP contribution in [0.2, 0.25) is 0 Å². The Labute approximate surface area is 137 Å². The third-order valence-corrected chi connectivity index (χ3v) is 4.70. The average molecular weight is 323 g/mol. The first kappa shape index (κ1) is 16.5. The molecule has 128 valence electrons. The Morgan fingerprint density at radius 1 is 1.35 bits per heavy atom. The van der Waals surface area contributed by atoms with Gasteiger partial charge in [0.05, 0.1) is 19.3 Å². The van der Waals surface area contributed by atoms with Crippen LogP contribution >= 0.6 is 0 Å². The first-order valence-corrected chi connectivity index (χ1v) is 8.44. The molecule has 1 heterocycles. The fourth-order valence-corrected chi connectivity index (χ4v) is 3.31. The van der Waals surface area contributed by atoms with E-state index in [4.69, 9.17) is 9.47 Å². The standard InChI is InChI=1S/C18H26FNO3/c1-17(2,3)23-16(21)20-11-15(10-18(20)8-9-18)22-12-13-4-6-14(19)7-5-13/h4,6,15H,5,7-12H2,1-3H3. The minimum absolute atomic E-state index is 0.0417. The van der Waals surface area contributed by atoms with Crippen molar-refractivity contribution >= 4 is 6.09 Å². The number of carbonyl (C=O) groups excluding carboxylic acids is 1. The van der Waals surface area contributed by atoms with Gasteiger partial charge in [-0.2, -0.15) is 0 Å². The summed E-state index contributed by atoms with van der Waals surface area (Å²) in [6, 6.07) is 0. The van der Waals surface area contributed by atoms with Crippen molar-refractivity contribution in [2.24, 2.45) is 0 Å². The first-order valence-electron chi connectivity index (χ1n) is 8.44. The molecule has 5 heteroatoms. The van der Waals surface area contributed by atoms with Crippen LogP contribution in [0.5, 0.6) is 0 Å². The van der Waals surface area contributed by atoms with Crippen LogP contribution < -0.4 is 0 Å². The van der Waals surface area contributed by atoms with E-state index in [0.29, 0.717) is 19.6 Å². The number of hydrogen-bond donors (Lipinski definition) is 0. The highest BCUT2D eigenvalue weighted by Crippen LogP contribution is 2.50. The second-order valence-electron chi connectivity index (χ2n) is 7.89. The Kier molecular flexibility index (Phi) is 4.25. The lowest BCUT2D eigenvalue weighted by atomic mass is 10.1. The summed E-state index contributed by atoms with van der Waals surface area (Å²) in [6.07, 6.45) is 7.27. The molecule has 1 atom stereocenters. The van der Waals surface area contributed by atoms with E-state index in [-0.39, 0.29) is 23.6 Å². The summed E-state index contributed by atoms with van der Waals surface area (Å²) in [4.78, 5) is 14.3. The molecule has 1 spiro atoms. The number of rotatable bonds is 3. The average Bonchev–Trinajstić information content (AvgIpc) is 3.10. The minimum Gasteiger partial charge on any atom is -0.444 e. The highest BCUT2D eigenvalue weighted by molar-refractivity contribution is 5.70. The summed E-state index contributed by atoms with van der Waals surface area (Å²) in [6.45, 7) is 6.77. The SMILES string of the molecule is CC(C)(C)OC(=O)N1CC(OCC2=CC=C(F)CC2)CC12CC2. The smallest absolute Gasteiger partial charge is 0.410 e. The highest BCUT2D eigenvalue weighted by atomic mass is 19.1. The molecular formula is C18H26FNO3. The van der Waals surface area contributed by atoms with Gasteiger partial charge in [0.1, 0.15) is 11.4 Å². The van der Waals surface area contributed by atoms with Crippen LogP contribution in [0, 0.1) is 0 Å². The molecule has 0 aromatic rings. The van der Waals surface area contributed by atoms with Crippen molar-refractivity contribution in [1.29, 1.82) is 0 Å². The molecule has 4 nitrogen and oxygen atoms in total. The molecule has 0 aromatic heterocycles. The van der Waals surface area contributed by atoms with Gasteiger partial charge in [-0.05, 0) is 58.1 Å². The molecule has 0 N–H and O–H groups in total. The van der Waals surface area contributed by atoms with Crippen LogP contribution in [0.1, 0.15) is 52.9 Å². The molecule has 1 saturated carbocycles. The third kappa shape index (κ3) is 3.94. The monoisotopic (exact) mass is 323 g/mol. The van der Waals surface area contributed by atoms with Crippen LogP contribution in [0.4, 0.5) is 9.18 Å². The van der Waals surface area contributed by atoms with E-state index in [2.05, 4.69) is 0 Å². The van der Waals surface area contributed by atoms with Gasteiger partial charge in [-0.3, -0.25) is 4.90 Å². The van der Waals surface area contributed by atoms with Crippen LogP contribution in [-0.4, -0.2) is 41.4 Å². The number of carbonyl (C=O) groups is 1. The fourth-order valence-electron chi connectivity index (χ4n) is 3.31. The van der Waals surface area contributed by atoms with Gasteiger partial charge in [-0.1, -0.05) is 6.08 Å². The van der Waals surface area contributed by atoms with Crippen molar-refractivity contribution in [2.45, 2.75) is 70.1 Å². The minimum atomic E-state index is -0.477. The number of nitrogens with zero attached hydrogens (tertiary/aromatic N) is 1. The quantitative estimate of drug-likeness (QED) is 0.784. The van der Waals surface area contributed by atoms with Crippen LogP contribution in [0.15, 0.2) is 23.6 Å². The number of allylic oxidation sites excluding steroid dienone is 3. The highest BCUT2D eigenvalue weighted by Gasteiger charge is 2.57. The predicted molar refractivity (Wildman–Crippen MR) is 85.8 cm³/mol. The van der Waals surface area contributed by atoms with Crippen molar-refractivity contribution in [3.8, 4) is 0 Å². The maximum atomic E-state index is 13.0. The van der Waals surface area contributed by atoms with E-state index in [0.717, 1.165) is 31.3 Å². The Morgan fingerprint density at radius 3 is 2.65 bits per heavy atom. The van der Waals surface area contributed by atoms with Crippen molar-refractivity contribution in [1.82, 2.24) is 4.90 Å². The van der Waals surface area contributed by atoms with Crippen LogP contribution in [-0.2, 0) is 9.47 Å². The summed E-state index contributed by atoms with van der Waals surface area (Å²) in [5, 5.41) is 0. The summed E-state index contributed by atoms with van der Waals surface area (Å²) in [7, 11) is 0. The molecule has 1 unspecified atom stereocenters. The van der Waals surface area contributed by atoms with Gasteiger partial charge < -0.3 is 9.47 Å². The Bertz CT molecular complexity index is 543. The van der Waals surface area contributed by atoms with Crippen molar-refractivity contribution in [2.75, 3.05) is 13.2 Å². The van der Waals surface area contributed by atoms with Crippen molar-refractivity contribution in [3.05, 3.63) is 23.6 Å².